The number of nitrogens with zero attached hydrogens (tertiary/aromatic N) is 1. The van der Waals surface area contributed by atoms with Crippen molar-refractivity contribution in [2.75, 3.05) is 26.2 Å². The number of aromatic nitrogens is 1. The maximum absolute atomic E-state index is 12.2. The number of para-hydroxylation sites is 1. The molecule has 9 heteroatoms. The second kappa shape index (κ2) is 11.9. The summed E-state index contributed by atoms with van der Waals surface area (Å²) in [6, 6.07) is 16.6. The van der Waals surface area contributed by atoms with E-state index in [-0.39, 0.29) is 35.4 Å². The number of halogens is 1. The molecule has 0 amide bonds. The highest BCUT2D eigenvalue weighted by molar-refractivity contribution is 14.0. The Balaban J connectivity index is 0.00000320. The van der Waals surface area contributed by atoms with Gasteiger partial charge < -0.3 is 15.6 Å². The molecule has 0 bridgehead atoms. The quantitative estimate of drug-likeness (QED) is 0.145. The summed E-state index contributed by atoms with van der Waals surface area (Å²) < 4.78 is 27.0. The van der Waals surface area contributed by atoms with Gasteiger partial charge in [0.25, 0.3) is 0 Å². The van der Waals surface area contributed by atoms with E-state index in [0.717, 1.165) is 25.0 Å². The fourth-order valence-corrected chi connectivity index (χ4v) is 4.07. The molecule has 7 nitrogen and oxygen atoms in total. The normalized spacial score (nSPS) is 11.8. The van der Waals surface area contributed by atoms with Crippen LogP contribution in [0.15, 0.2) is 70.7 Å². The first-order valence-corrected chi connectivity index (χ1v) is 11.2. The molecule has 0 atom stereocenters. The van der Waals surface area contributed by atoms with E-state index in [2.05, 4.69) is 37.5 Å². The zero-order valence-corrected chi connectivity index (χ0v) is 20.0. The lowest BCUT2D eigenvalue weighted by Crippen LogP contribution is -2.39. The number of hydrogen-bond acceptors (Lipinski definition) is 3. The van der Waals surface area contributed by atoms with Crippen molar-refractivity contribution < 1.29 is 8.42 Å². The van der Waals surface area contributed by atoms with Gasteiger partial charge in [0, 0.05) is 36.7 Å². The molecular formula is C21H28IN5O2S. The summed E-state index contributed by atoms with van der Waals surface area (Å²) in [5.74, 6) is 0.672. The molecule has 0 saturated heterocycles. The number of hydrogen-bond donors (Lipinski definition) is 4. The molecule has 0 unspecified atom stereocenters. The predicted octanol–water partition coefficient (Wildman–Crippen LogP) is 2.86. The third-order valence-electron chi connectivity index (χ3n) is 4.43. The number of sulfonamides is 1. The Kier molecular flexibility index (Phi) is 9.60. The molecule has 4 N–H and O–H groups in total. The minimum absolute atomic E-state index is 0. The van der Waals surface area contributed by atoms with Crippen LogP contribution in [-0.4, -0.2) is 45.5 Å². The van der Waals surface area contributed by atoms with E-state index in [9.17, 15) is 8.42 Å². The molecule has 0 aliphatic heterocycles. The second-order valence-electron chi connectivity index (χ2n) is 6.51. The molecule has 0 saturated carbocycles. The van der Waals surface area contributed by atoms with Crippen molar-refractivity contribution in [2.45, 2.75) is 18.2 Å². The van der Waals surface area contributed by atoms with Crippen molar-refractivity contribution in [1.29, 1.82) is 0 Å². The summed E-state index contributed by atoms with van der Waals surface area (Å²) in [5.41, 5.74) is 2.38. The average molecular weight is 541 g/mol. The van der Waals surface area contributed by atoms with Gasteiger partial charge in [-0.2, -0.15) is 0 Å². The number of aromatic amines is 1. The minimum atomic E-state index is -3.50. The highest BCUT2D eigenvalue weighted by Gasteiger charge is 2.11. The Labute approximate surface area is 194 Å². The van der Waals surface area contributed by atoms with Crippen LogP contribution in [0, 0.1) is 0 Å². The number of nitrogens with one attached hydrogen (secondary N) is 4. The Morgan fingerprint density at radius 2 is 1.73 bits per heavy atom. The summed E-state index contributed by atoms with van der Waals surface area (Å²) >= 11 is 0. The van der Waals surface area contributed by atoms with Crippen molar-refractivity contribution in [3.8, 4) is 0 Å². The van der Waals surface area contributed by atoms with Gasteiger partial charge in [0.05, 0.1) is 11.4 Å². The van der Waals surface area contributed by atoms with Crippen LogP contribution in [0.2, 0.25) is 0 Å². The van der Waals surface area contributed by atoms with Gasteiger partial charge in [-0.15, -0.1) is 24.0 Å². The van der Waals surface area contributed by atoms with Crippen LogP contribution in [0.1, 0.15) is 12.5 Å². The lowest BCUT2D eigenvalue weighted by atomic mass is 10.1. The summed E-state index contributed by atoms with van der Waals surface area (Å²) in [5, 5.41) is 7.71. The van der Waals surface area contributed by atoms with E-state index in [4.69, 9.17) is 0 Å². The zero-order chi connectivity index (χ0) is 20.5. The fourth-order valence-electron chi connectivity index (χ4n) is 3.03. The number of benzene rings is 2. The van der Waals surface area contributed by atoms with Crippen LogP contribution in [0.3, 0.4) is 0 Å². The van der Waals surface area contributed by atoms with Crippen molar-refractivity contribution in [3.05, 3.63) is 66.4 Å². The van der Waals surface area contributed by atoms with Crippen molar-refractivity contribution in [1.82, 2.24) is 20.3 Å². The van der Waals surface area contributed by atoms with Crippen LogP contribution in [0.5, 0.6) is 0 Å². The van der Waals surface area contributed by atoms with Gasteiger partial charge in [-0.3, -0.25) is 4.99 Å². The topological polar surface area (TPSA) is 98.4 Å². The highest BCUT2D eigenvalue weighted by atomic mass is 127. The lowest BCUT2D eigenvalue weighted by molar-refractivity contribution is 0.582. The van der Waals surface area contributed by atoms with Gasteiger partial charge in [0.2, 0.25) is 10.0 Å². The van der Waals surface area contributed by atoms with Crippen molar-refractivity contribution in [3.63, 3.8) is 0 Å². The molecule has 0 spiro atoms. The highest BCUT2D eigenvalue weighted by Crippen LogP contribution is 2.17. The molecule has 1 heterocycles. The zero-order valence-electron chi connectivity index (χ0n) is 16.9. The van der Waals surface area contributed by atoms with Gasteiger partial charge in [-0.25, -0.2) is 13.1 Å². The standard InChI is InChI=1S/C21H27N5O2S.HI/c1-2-22-21(23-13-12-17-16-25-20-11-7-6-10-19(17)20)24-14-15-26-29(27,28)18-8-4-3-5-9-18;/h3-11,16,25-26H,2,12-15H2,1H3,(H2,22,23,24);1H. The first kappa shape index (κ1) is 24.2. The minimum Gasteiger partial charge on any atom is -0.361 e. The average Bonchev–Trinajstić information content (AvgIpc) is 3.15. The van der Waals surface area contributed by atoms with Gasteiger partial charge >= 0.3 is 0 Å². The van der Waals surface area contributed by atoms with E-state index in [0.29, 0.717) is 12.5 Å². The second-order valence-corrected chi connectivity index (χ2v) is 8.27. The molecule has 0 radical (unpaired) electrons. The maximum Gasteiger partial charge on any atom is 0.240 e. The Bertz CT molecular complexity index is 1050. The van der Waals surface area contributed by atoms with E-state index in [1.807, 2.05) is 25.3 Å². The first-order chi connectivity index (χ1) is 14.1. The summed E-state index contributed by atoms with van der Waals surface area (Å²) in [7, 11) is -3.50. The number of aliphatic imine (C=N–C) groups is 1. The molecule has 162 valence electrons. The Morgan fingerprint density at radius 1 is 1.00 bits per heavy atom. The van der Waals surface area contributed by atoms with Crippen molar-refractivity contribution >= 4 is 50.9 Å². The van der Waals surface area contributed by atoms with E-state index < -0.39 is 10.0 Å². The molecule has 0 aliphatic carbocycles. The van der Waals surface area contributed by atoms with Crippen LogP contribution < -0.4 is 15.4 Å². The Morgan fingerprint density at radius 3 is 2.50 bits per heavy atom. The maximum atomic E-state index is 12.2. The largest absolute Gasteiger partial charge is 0.361 e. The van der Waals surface area contributed by atoms with E-state index in [1.165, 1.54) is 10.9 Å². The van der Waals surface area contributed by atoms with Crippen LogP contribution in [-0.2, 0) is 16.4 Å². The summed E-state index contributed by atoms with van der Waals surface area (Å²) in [6.45, 7) is 4.03. The van der Waals surface area contributed by atoms with E-state index >= 15 is 0 Å². The number of H-pyrrole nitrogens is 1. The molecule has 2 aromatic carbocycles. The first-order valence-electron chi connectivity index (χ1n) is 9.72. The Hall–Kier alpha value is -2.11. The smallest absolute Gasteiger partial charge is 0.240 e. The molecule has 0 fully saturated rings. The molecule has 1 aromatic heterocycles. The fraction of sp³-hybridized carbons (Fsp3) is 0.286. The van der Waals surface area contributed by atoms with Gasteiger partial charge in [-0.1, -0.05) is 36.4 Å². The number of rotatable bonds is 9. The van der Waals surface area contributed by atoms with Gasteiger partial charge in [0.1, 0.15) is 0 Å². The lowest BCUT2D eigenvalue weighted by Gasteiger charge is -2.11. The molecule has 3 rings (SSSR count). The third kappa shape index (κ3) is 6.71. The van der Waals surface area contributed by atoms with E-state index in [1.54, 1.807) is 30.3 Å². The summed E-state index contributed by atoms with van der Waals surface area (Å²) in [6.07, 6.45) is 2.89. The summed E-state index contributed by atoms with van der Waals surface area (Å²) in [4.78, 5) is 7.99. The molecule has 0 aliphatic rings. The molecular weight excluding hydrogens is 513 g/mol. The van der Waals surface area contributed by atoms with Crippen LogP contribution in [0.25, 0.3) is 10.9 Å². The third-order valence-corrected chi connectivity index (χ3v) is 5.91. The molecule has 3 aromatic rings. The van der Waals surface area contributed by atoms with Crippen LogP contribution in [0.4, 0.5) is 0 Å². The van der Waals surface area contributed by atoms with Gasteiger partial charge in [-0.05, 0) is 37.1 Å². The van der Waals surface area contributed by atoms with Crippen LogP contribution >= 0.6 is 24.0 Å². The number of guanidine groups is 1. The predicted molar refractivity (Wildman–Crippen MR) is 133 cm³/mol. The SMILES string of the molecule is CCNC(=NCCNS(=O)(=O)c1ccccc1)NCCc1c[nH]c2ccccc12.I. The van der Waals surface area contributed by atoms with Crippen molar-refractivity contribution in [2.24, 2.45) is 4.99 Å². The molecule has 30 heavy (non-hydrogen) atoms. The van der Waals surface area contributed by atoms with Gasteiger partial charge in [0.15, 0.2) is 5.96 Å². The monoisotopic (exact) mass is 541 g/mol. The number of fused-ring (bicyclic) bond motifs is 1.